The smallest absolute Gasteiger partial charge is 0.417 e. The first-order valence-corrected chi connectivity index (χ1v) is 13.7. The Bertz CT molecular complexity index is 1310. The first kappa shape index (κ1) is 31.7. The monoisotopic (exact) mass is 597 g/mol. The number of carbonyl (C=O) groups is 5. The van der Waals surface area contributed by atoms with Crippen LogP contribution in [0, 0.1) is 17.8 Å². The summed E-state index contributed by atoms with van der Waals surface area (Å²) in [6.45, 7) is 2.77. The molecule has 0 spiro atoms. The number of primary amides is 1. The second-order valence-electron chi connectivity index (χ2n) is 11.3. The van der Waals surface area contributed by atoms with Crippen LogP contribution >= 0.6 is 0 Å². The third kappa shape index (κ3) is 5.48. The number of phenols is 1. The Kier molecular flexibility index (Phi) is 8.93. The van der Waals surface area contributed by atoms with Gasteiger partial charge in [-0.1, -0.05) is 6.92 Å². The molecule has 1 aromatic rings. The van der Waals surface area contributed by atoms with Crippen molar-refractivity contribution in [3.63, 3.8) is 0 Å². The Morgan fingerprint density at radius 3 is 2.38 bits per heavy atom. The molecule has 42 heavy (non-hydrogen) atoms. The second kappa shape index (κ2) is 11.8. The van der Waals surface area contributed by atoms with E-state index in [0.29, 0.717) is 19.7 Å². The normalized spacial score (nSPS) is 29.8. The number of rotatable bonds is 4. The number of nitrogens with zero attached hydrogens (tertiary/aromatic N) is 2. The van der Waals surface area contributed by atoms with E-state index in [4.69, 9.17) is 10.5 Å². The molecule has 6 unspecified atom stereocenters. The fourth-order valence-electron chi connectivity index (χ4n) is 6.67. The van der Waals surface area contributed by atoms with E-state index in [2.05, 4.69) is 0 Å². The van der Waals surface area contributed by atoms with Crippen LogP contribution in [0.1, 0.15) is 52.9 Å². The number of ether oxygens (including phenoxy) is 1. The van der Waals surface area contributed by atoms with E-state index in [1.807, 2.05) is 0 Å². The van der Waals surface area contributed by atoms with Gasteiger partial charge in [0.15, 0.2) is 5.78 Å². The lowest BCUT2D eigenvalue weighted by molar-refractivity contribution is -0.152. The fourth-order valence-corrected chi connectivity index (χ4v) is 6.67. The number of ketones is 4. The number of nitrogens with two attached hydrogens (primary N) is 1. The van der Waals surface area contributed by atoms with Crippen molar-refractivity contribution >= 4 is 29.0 Å². The van der Waals surface area contributed by atoms with E-state index >= 15 is 0 Å². The predicted octanol–water partition coefficient (Wildman–Crippen LogP) is 0.669. The Hall–Kier alpha value is -3.20. The summed E-state index contributed by atoms with van der Waals surface area (Å²) in [4.78, 5) is 68.4. The largest absolute Gasteiger partial charge is 0.507 e. The van der Waals surface area contributed by atoms with E-state index in [1.165, 1.54) is 19.0 Å². The average molecular weight is 598 g/mol. The van der Waals surface area contributed by atoms with Crippen molar-refractivity contribution in [2.45, 2.75) is 50.6 Å². The molecule has 6 atom stereocenters. The highest BCUT2D eigenvalue weighted by Crippen LogP contribution is 2.48. The van der Waals surface area contributed by atoms with Crippen LogP contribution in [-0.2, 0) is 36.5 Å². The van der Waals surface area contributed by atoms with Crippen molar-refractivity contribution < 1.29 is 52.1 Å². The average Bonchev–Trinajstić information content (AvgIpc) is 2.90. The number of hydrogen-bond donors (Lipinski definition) is 3. The summed E-state index contributed by atoms with van der Waals surface area (Å²) in [5.41, 5.74) is 2.70. The number of fused-ring (bicyclic) bond motifs is 2. The molecule has 2 aliphatic carbocycles. The van der Waals surface area contributed by atoms with Crippen LogP contribution < -0.4 is 5.73 Å². The first-order valence-electron chi connectivity index (χ1n) is 13.7. The topological polar surface area (TPSA) is 168 Å². The predicted molar refractivity (Wildman–Crippen MR) is 139 cm³/mol. The van der Waals surface area contributed by atoms with Crippen molar-refractivity contribution in [1.29, 1.82) is 0 Å². The van der Waals surface area contributed by atoms with E-state index in [1.54, 1.807) is 11.8 Å². The number of aromatic hydroxyl groups is 1. The first-order chi connectivity index (χ1) is 19.6. The maximum absolute atomic E-state index is 14.8. The van der Waals surface area contributed by atoms with Crippen molar-refractivity contribution in [3.05, 3.63) is 28.3 Å². The van der Waals surface area contributed by atoms with Crippen molar-refractivity contribution in [2.24, 2.45) is 23.5 Å². The number of alkyl halides is 3. The number of aliphatic hydroxyl groups is 1. The maximum Gasteiger partial charge on any atom is 0.417 e. The van der Waals surface area contributed by atoms with Crippen LogP contribution in [0.25, 0.3) is 0 Å². The summed E-state index contributed by atoms with van der Waals surface area (Å²) in [6, 6.07) is -0.974. The lowest BCUT2D eigenvalue weighted by Gasteiger charge is -2.39. The molecule has 230 valence electrons. The van der Waals surface area contributed by atoms with E-state index < -0.39 is 100 Å². The van der Waals surface area contributed by atoms with Crippen LogP contribution in [-0.4, -0.2) is 102 Å². The zero-order chi connectivity index (χ0) is 31.3. The van der Waals surface area contributed by atoms with Gasteiger partial charge in [0.1, 0.15) is 11.7 Å². The molecule has 3 aliphatic rings. The van der Waals surface area contributed by atoms with Crippen LogP contribution in [0.15, 0.2) is 6.07 Å². The highest BCUT2D eigenvalue weighted by molar-refractivity contribution is 6.67. The quantitative estimate of drug-likeness (QED) is 0.332. The van der Waals surface area contributed by atoms with Crippen molar-refractivity contribution in [2.75, 3.05) is 40.4 Å². The number of Topliss-reactive ketones (excluding diaryl/α,β-unsaturated/α-hetero) is 4. The van der Waals surface area contributed by atoms with E-state index in [0.717, 1.165) is 6.07 Å². The lowest BCUT2D eigenvalue weighted by Crippen LogP contribution is -2.55. The second-order valence-corrected chi connectivity index (χ2v) is 11.3. The number of halogens is 3. The number of likely N-dealkylation sites (N-methyl/N-ethyl adjacent to an activating group) is 2. The molecule has 0 radical (unpaired) electrons. The van der Waals surface area contributed by atoms with Gasteiger partial charge in [-0.05, 0) is 63.0 Å². The lowest BCUT2D eigenvalue weighted by atomic mass is 9.66. The summed E-state index contributed by atoms with van der Waals surface area (Å²) < 4.78 is 49.8. The van der Waals surface area contributed by atoms with Gasteiger partial charge < -0.3 is 25.6 Å². The molecule has 1 aliphatic heterocycles. The van der Waals surface area contributed by atoms with Gasteiger partial charge in [0.05, 0.1) is 42.4 Å². The molecular weight excluding hydrogens is 563 g/mol. The molecule has 4 N–H and O–H groups in total. The minimum Gasteiger partial charge on any atom is -0.507 e. The zero-order valence-electron chi connectivity index (χ0n) is 23.4. The van der Waals surface area contributed by atoms with Crippen molar-refractivity contribution in [1.82, 2.24) is 9.80 Å². The number of amides is 1. The molecule has 1 heterocycles. The molecule has 2 fully saturated rings. The number of benzene rings is 1. The Morgan fingerprint density at radius 2 is 1.81 bits per heavy atom. The molecule has 0 aromatic heterocycles. The van der Waals surface area contributed by atoms with Gasteiger partial charge in [-0.15, -0.1) is 0 Å². The molecule has 14 heteroatoms. The van der Waals surface area contributed by atoms with Crippen LogP contribution in [0.3, 0.4) is 0 Å². The number of phenolic OH excluding ortho intramolecular Hbond substituents is 1. The molecule has 1 aromatic carbocycles. The standard InChI is InChI=1S/C28H34F3N3O8/c1-4-34-7-8-42-11-16(34)13-10-17(35)19-14(21(13)28(29,30)31)9-12-5-6-15(33(2)3)22(36)20(27(32)41)25(39)26(40)24(38)18(12)23(19)37/h10,12,15-16,18,20,22,35-36H,4-9,11H2,1-3H3,(H2,32,41). The van der Waals surface area contributed by atoms with Gasteiger partial charge >= 0.3 is 6.18 Å². The molecule has 1 saturated carbocycles. The number of morpholine rings is 1. The summed E-state index contributed by atoms with van der Waals surface area (Å²) >= 11 is 0. The van der Waals surface area contributed by atoms with Crippen LogP contribution in [0.2, 0.25) is 0 Å². The number of carbonyl (C=O) groups excluding carboxylic acids is 5. The van der Waals surface area contributed by atoms with Gasteiger partial charge in [-0.2, -0.15) is 13.2 Å². The summed E-state index contributed by atoms with van der Waals surface area (Å²) in [6.07, 6.45) is -7.43. The highest BCUT2D eigenvalue weighted by Gasteiger charge is 2.52. The maximum atomic E-state index is 14.8. The van der Waals surface area contributed by atoms with Gasteiger partial charge in [-0.3, -0.25) is 28.9 Å². The zero-order valence-corrected chi connectivity index (χ0v) is 23.4. The molecule has 11 nitrogen and oxygen atoms in total. The van der Waals surface area contributed by atoms with Crippen LogP contribution in [0.4, 0.5) is 13.2 Å². The summed E-state index contributed by atoms with van der Waals surface area (Å²) in [5.74, 6) is -13.3. The Labute approximate surface area is 239 Å². The minimum absolute atomic E-state index is 0.0520. The van der Waals surface area contributed by atoms with E-state index in [-0.39, 0.29) is 25.0 Å². The molecule has 1 saturated heterocycles. The molecule has 0 bridgehead atoms. The number of hydrogen-bond acceptors (Lipinski definition) is 10. The molecule has 4 rings (SSSR count). The number of aliphatic hydroxyl groups excluding tert-OH is 1. The van der Waals surface area contributed by atoms with Gasteiger partial charge in [0.25, 0.3) is 5.78 Å². The fraction of sp³-hybridized carbons (Fsp3) is 0.607. The minimum atomic E-state index is -4.96. The van der Waals surface area contributed by atoms with Crippen LogP contribution in [0.5, 0.6) is 5.75 Å². The van der Waals surface area contributed by atoms with Gasteiger partial charge in [-0.25, -0.2) is 0 Å². The molecular formula is C28H34F3N3O8. The third-order valence-corrected chi connectivity index (χ3v) is 8.75. The highest BCUT2D eigenvalue weighted by atomic mass is 19.4. The molecule has 1 amide bonds. The Balaban J connectivity index is 1.90. The van der Waals surface area contributed by atoms with E-state index in [9.17, 15) is 47.4 Å². The Morgan fingerprint density at radius 1 is 1.14 bits per heavy atom. The van der Waals surface area contributed by atoms with Gasteiger partial charge in [0, 0.05) is 12.6 Å². The third-order valence-electron chi connectivity index (χ3n) is 8.75. The van der Waals surface area contributed by atoms with Gasteiger partial charge in [0.2, 0.25) is 17.5 Å². The van der Waals surface area contributed by atoms with Crippen molar-refractivity contribution in [3.8, 4) is 5.75 Å². The SMILES string of the molecule is CCN1CCOCC1c1cc(O)c2c(c1C(F)(F)F)CC1CCC(N(C)C)C(O)C(C(N)=O)C(=O)C(=O)C(=O)C1C2=O. The summed E-state index contributed by atoms with van der Waals surface area (Å²) in [5, 5.41) is 21.9. The summed E-state index contributed by atoms with van der Waals surface area (Å²) in [7, 11) is 3.04.